The first-order valence-electron chi connectivity index (χ1n) is 19.8. The Hall–Kier alpha value is -6.79. The molecule has 6 heteroatoms. The first-order chi connectivity index (χ1) is 27.7. The zero-order valence-electron chi connectivity index (χ0n) is 32.5. The predicted molar refractivity (Wildman–Crippen MR) is 234 cm³/mol. The minimum absolute atomic E-state index is 0.0854. The van der Waals surface area contributed by atoms with Gasteiger partial charge in [0.1, 0.15) is 0 Å². The average Bonchev–Trinajstić information content (AvgIpc) is 3.57. The highest BCUT2D eigenvalue weighted by Gasteiger charge is 2.38. The van der Waals surface area contributed by atoms with Crippen LogP contribution in [0.2, 0.25) is 0 Å². The van der Waals surface area contributed by atoms with E-state index in [1.54, 1.807) is 0 Å². The summed E-state index contributed by atoms with van der Waals surface area (Å²) in [4.78, 5) is 25.1. The predicted octanol–water partition coefficient (Wildman–Crippen LogP) is 12.6. The van der Waals surface area contributed by atoms with Crippen LogP contribution in [0.1, 0.15) is 51.7 Å². The van der Waals surface area contributed by atoms with Gasteiger partial charge in [-0.3, -0.25) is 9.97 Å². The molecule has 6 aromatic carbocycles. The van der Waals surface area contributed by atoms with Crippen LogP contribution < -0.4 is 0 Å². The molecule has 1 aliphatic carbocycles. The molecule has 0 amide bonds. The summed E-state index contributed by atoms with van der Waals surface area (Å²) in [6.07, 6.45) is 5.97. The summed E-state index contributed by atoms with van der Waals surface area (Å²) in [5.41, 5.74) is 11.1. The lowest BCUT2D eigenvalue weighted by molar-refractivity contribution is 0.332. The zero-order chi connectivity index (χ0) is 38.5. The van der Waals surface area contributed by atoms with Gasteiger partial charge in [-0.25, -0.2) is 15.0 Å². The van der Waals surface area contributed by atoms with E-state index in [0.717, 1.165) is 61.4 Å². The molecule has 57 heavy (non-hydrogen) atoms. The molecule has 0 atom stereocenters. The molecule has 0 saturated carbocycles. The normalized spacial score (nSPS) is 14.8. The lowest BCUT2D eigenvalue weighted by Gasteiger charge is -2.42. The van der Waals surface area contributed by atoms with E-state index < -0.39 is 0 Å². The van der Waals surface area contributed by atoms with Crippen molar-refractivity contribution in [2.24, 2.45) is 0 Å². The highest BCUT2D eigenvalue weighted by molar-refractivity contribution is 6.12. The summed E-state index contributed by atoms with van der Waals surface area (Å²) in [7, 11) is 0. The minimum Gasteiger partial charge on any atom is -0.309 e. The van der Waals surface area contributed by atoms with Crippen molar-refractivity contribution >= 4 is 54.4 Å². The maximum Gasteiger partial charge on any atom is 0.164 e. The van der Waals surface area contributed by atoms with Crippen molar-refractivity contribution in [3.63, 3.8) is 0 Å². The SMILES string of the molecule is CC1(C)CCC(C)(C)c2cc3c(cc21)c1ccccc1n3-c1ccc(-c2nc(-c3ccccc3)nc(-c3cc4cccnc4c4ncccc34)n2)c2ccccc12. The highest BCUT2D eigenvalue weighted by Crippen LogP contribution is 2.49. The third-order valence-corrected chi connectivity index (χ3v) is 12.4. The van der Waals surface area contributed by atoms with Gasteiger partial charge < -0.3 is 4.57 Å². The molecule has 0 spiro atoms. The number of fused-ring (bicyclic) bond motifs is 8. The summed E-state index contributed by atoms with van der Waals surface area (Å²) < 4.78 is 2.48. The first-order valence-corrected chi connectivity index (χ1v) is 19.8. The van der Waals surface area contributed by atoms with Crippen LogP contribution in [0.5, 0.6) is 0 Å². The van der Waals surface area contributed by atoms with Crippen LogP contribution in [-0.2, 0) is 10.8 Å². The number of para-hydroxylation sites is 1. The number of rotatable bonds is 4. The molecule has 4 heterocycles. The van der Waals surface area contributed by atoms with Crippen LogP contribution in [0.25, 0.3) is 94.2 Å². The van der Waals surface area contributed by atoms with Crippen LogP contribution in [0.4, 0.5) is 0 Å². The molecule has 274 valence electrons. The van der Waals surface area contributed by atoms with Gasteiger partial charge in [-0.15, -0.1) is 0 Å². The van der Waals surface area contributed by atoms with Gasteiger partial charge in [0.05, 0.1) is 27.8 Å². The molecule has 0 N–H and O–H groups in total. The van der Waals surface area contributed by atoms with Crippen molar-refractivity contribution in [1.29, 1.82) is 0 Å². The third kappa shape index (κ3) is 5.20. The lowest BCUT2D eigenvalue weighted by atomic mass is 9.63. The van der Waals surface area contributed by atoms with Gasteiger partial charge in [-0.1, -0.05) is 113 Å². The fourth-order valence-electron chi connectivity index (χ4n) is 9.26. The van der Waals surface area contributed by atoms with Crippen molar-refractivity contribution in [3.05, 3.63) is 157 Å². The number of aromatic nitrogens is 6. The Morgan fingerprint density at radius 2 is 1.07 bits per heavy atom. The Bertz CT molecular complexity index is 3250. The van der Waals surface area contributed by atoms with Crippen molar-refractivity contribution in [2.45, 2.75) is 51.4 Å². The minimum atomic E-state index is 0.0854. The topological polar surface area (TPSA) is 69.4 Å². The summed E-state index contributed by atoms with van der Waals surface area (Å²) in [5.74, 6) is 1.82. The van der Waals surface area contributed by atoms with Crippen molar-refractivity contribution in [1.82, 2.24) is 29.5 Å². The third-order valence-electron chi connectivity index (χ3n) is 12.4. The van der Waals surface area contributed by atoms with E-state index in [9.17, 15) is 0 Å². The van der Waals surface area contributed by atoms with Crippen LogP contribution in [0.3, 0.4) is 0 Å². The van der Waals surface area contributed by atoms with E-state index in [2.05, 4.69) is 135 Å². The Morgan fingerprint density at radius 1 is 0.456 bits per heavy atom. The average molecular weight is 737 g/mol. The summed E-state index contributed by atoms with van der Waals surface area (Å²) in [6.45, 7) is 9.63. The van der Waals surface area contributed by atoms with Crippen LogP contribution in [0.15, 0.2) is 146 Å². The summed E-state index contributed by atoms with van der Waals surface area (Å²) in [5, 5.41) is 6.70. The Labute approximate surface area is 330 Å². The lowest BCUT2D eigenvalue weighted by Crippen LogP contribution is -2.33. The molecule has 0 fully saturated rings. The summed E-state index contributed by atoms with van der Waals surface area (Å²) >= 11 is 0. The van der Waals surface area contributed by atoms with Crippen LogP contribution in [-0.4, -0.2) is 29.5 Å². The molecule has 0 radical (unpaired) electrons. The molecule has 1 aliphatic rings. The molecule has 0 bridgehead atoms. The monoisotopic (exact) mass is 736 g/mol. The Balaban J connectivity index is 1.17. The van der Waals surface area contributed by atoms with Gasteiger partial charge in [0.25, 0.3) is 0 Å². The second-order valence-corrected chi connectivity index (χ2v) is 16.8. The number of hydrogen-bond donors (Lipinski definition) is 0. The number of pyridine rings is 2. The molecule has 6 nitrogen and oxygen atoms in total. The molecular weight excluding hydrogens is 697 g/mol. The van der Waals surface area contributed by atoms with Crippen LogP contribution in [0, 0.1) is 0 Å². The molecule has 10 aromatic rings. The van der Waals surface area contributed by atoms with E-state index >= 15 is 0 Å². The standard InChI is InChI=1S/C51H40N6/c1-50(2)24-25-51(3,4)41-30-44-38(29-40(41)50)35-19-10-11-21-42(35)57(44)43-23-22-37(33-17-8-9-18-34(33)43)48-54-47(31-14-6-5-7-15-31)55-49(56-48)39-28-32-16-12-26-52-45(32)46-36(39)20-13-27-53-46/h5-23,26-30H,24-25H2,1-4H3. The van der Waals surface area contributed by atoms with Crippen LogP contribution >= 0.6 is 0 Å². The molecular formula is C51H40N6. The largest absolute Gasteiger partial charge is 0.309 e. The smallest absolute Gasteiger partial charge is 0.164 e. The van der Waals surface area contributed by atoms with E-state index in [0.29, 0.717) is 17.5 Å². The molecule has 0 aliphatic heterocycles. The second-order valence-electron chi connectivity index (χ2n) is 16.8. The summed E-state index contributed by atoms with van der Waals surface area (Å²) in [6, 6.07) is 47.3. The molecule has 0 saturated heterocycles. The number of benzene rings is 6. The Morgan fingerprint density at radius 3 is 1.86 bits per heavy atom. The van der Waals surface area contributed by atoms with E-state index in [4.69, 9.17) is 24.9 Å². The van der Waals surface area contributed by atoms with Gasteiger partial charge in [0, 0.05) is 56.0 Å². The van der Waals surface area contributed by atoms with Gasteiger partial charge in [-0.05, 0) is 88.7 Å². The van der Waals surface area contributed by atoms with Gasteiger partial charge in [0.2, 0.25) is 0 Å². The molecule has 11 rings (SSSR count). The second kappa shape index (κ2) is 12.4. The number of nitrogens with zero attached hydrogens (tertiary/aromatic N) is 6. The maximum absolute atomic E-state index is 5.30. The highest BCUT2D eigenvalue weighted by atomic mass is 15.0. The fourth-order valence-corrected chi connectivity index (χ4v) is 9.26. The van der Waals surface area contributed by atoms with Crippen molar-refractivity contribution in [3.8, 4) is 39.9 Å². The van der Waals surface area contributed by atoms with E-state index in [-0.39, 0.29) is 10.8 Å². The fraction of sp³-hybridized carbons (Fsp3) is 0.157. The maximum atomic E-state index is 5.30. The van der Waals surface area contributed by atoms with Gasteiger partial charge in [0.15, 0.2) is 17.5 Å². The van der Waals surface area contributed by atoms with E-state index in [1.165, 1.54) is 39.4 Å². The van der Waals surface area contributed by atoms with E-state index in [1.807, 2.05) is 42.7 Å². The molecule has 0 unspecified atom stereocenters. The Kier molecular flexibility index (Phi) is 7.27. The zero-order valence-corrected chi connectivity index (χ0v) is 32.5. The number of hydrogen-bond acceptors (Lipinski definition) is 5. The first kappa shape index (κ1) is 33.5. The van der Waals surface area contributed by atoms with Crippen molar-refractivity contribution < 1.29 is 0 Å². The van der Waals surface area contributed by atoms with Gasteiger partial charge >= 0.3 is 0 Å². The molecule has 4 aromatic heterocycles. The van der Waals surface area contributed by atoms with Crippen molar-refractivity contribution in [2.75, 3.05) is 0 Å². The quantitative estimate of drug-likeness (QED) is 0.168. The van der Waals surface area contributed by atoms with Gasteiger partial charge in [-0.2, -0.15) is 0 Å².